The zero-order valence-electron chi connectivity index (χ0n) is 11.1. The first kappa shape index (κ1) is 14.9. The highest BCUT2D eigenvalue weighted by Crippen LogP contribution is 2.30. The molecule has 4 nitrogen and oxygen atoms in total. The number of halogens is 1. The normalized spacial score (nSPS) is 11.3. The van der Waals surface area contributed by atoms with Crippen LogP contribution in [0.1, 0.15) is 5.56 Å². The molecule has 0 aliphatic rings. The monoisotopic (exact) mass is 354 g/mol. The van der Waals surface area contributed by atoms with Crippen molar-refractivity contribution in [3.8, 4) is 0 Å². The van der Waals surface area contributed by atoms with Crippen molar-refractivity contribution in [2.75, 3.05) is 17.3 Å². The van der Waals surface area contributed by atoms with E-state index in [9.17, 15) is 8.42 Å². The SMILES string of the molecule is Cc1ccc(Nc2ccc(S(C)(=O)=O)cc2N)c(Br)c1. The molecule has 0 spiro atoms. The Morgan fingerprint density at radius 1 is 1.10 bits per heavy atom. The molecule has 0 bridgehead atoms. The van der Waals surface area contributed by atoms with Crippen molar-refractivity contribution in [3.05, 3.63) is 46.4 Å². The zero-order chi connectivity index (χ0) is 14.9. The van der Waals surface area contributed by atoms with Gasteiger partial charge in [-0.2, -0.15) is 0 Å². The molecular weight excluding hydrogens is 340 g/mol. The fourth-order valence-corrected chi connectivity index (χ4v) is 3.00. The number of benzene rings is 2. The minimum absolute atomic E-state index is 0.212. The van der Waals surface area contributed by atoms with Crippen LogP contribution in [0.4, 0.5) is 17.1 Å². The van der Waals surface area contributed by atoms with Crippen LogP contribution in [0.2, 0.25) is 0 Å². The summed E-state index contributed by atoms with van der Waals surface area (Å²) in [7, 11) is -3.25. The molecule has 0 fully saturated rings. The summed E-state index contributed by atoms with van der Waals surface area (Å²) in [6, 6.07) is 10.6. The zero-order valence-corrected chi connectivity index (χ0v) is 13.5. The van der Waals surface area contributed by atoms with Crippen LogP contribution in [0.5, 0.6) is 0 Å². The Kier molecular flexibility index (Phi) is 4.06. The molecule has 0 saturated carbocycles. The number of sulfone groups is 1. The van der Waals surface area contributed by atoms with E-state index in [4.69, 9.17) is 5.73 Å². The Labute approximate surface area is 127 Å². The molecule has 0 aromatic heterocycles. The lowest BCUT2D eigenvalue weighted by Crippen LogP contribution is -2.01. The Morgan fingerprint density at radius 2 is 1.75 bits per heavy atom. The topological polar surface area (TPSA) is 72.2 Å². The molecule has 0 heterocycles. The molecule has 20 heavy (non-hydrogen) atoms. The van der Waals surface area contributed by atoms with E-state index >= 15 is 0 Å². The summed E-state index contributed by atoms with van der Waals surface area (Å²) in [5, 5.41) is 3.18. The third-order valence-electron chi connectivity index (χ3n) is 2.85. The van der Waals surface area contributed by atoms with Crippen molar-refractivity contribution in [3.63, 3.8) is 0 Å². The second-order valence-electron chi connectivity index (χ2n) is 4.63. The van der Waals surface area contributed by atoms with Crippen LogP contribution >= 0.6 is 15.9 Å². The van der Waals surface area contributed by atoms with Gasteiger partial charge < -0.3 is 11.1 Å². The fraction of sp³-hybridized carbons (Fsp3) is 0.143. The van der Waals surface area contributed by atoms with Crippen LogP contribution in [0.25, 0.3) is 0 Å². The minimum atomic E-state index is -3.25. The molecular formula is C14H15BrN2O2S. The highest BCUT2D eigenvalue weighted by Gasteiger charge is 2.10. The van der Waals surface area contributed by atoms with Crippen LogP contribution in [0.15, 0.2) is 45.8 Å². The number of nitrogens with one attached hydrogen (secondary N) is 1. The van der Waals surface area contributed by atoms with Crippen molar-refractivity contribution in [1.29, 1.82) is 0 Å². The third kappa shape index (κ3) is 3.32. The summed E-state index contributed by atoms with van der Waals surface area (Å²) in [5.74, 6) is 0. The van der Waals surface area contributed by atoms with Crippen LogP contribution in [0, 0.1) is 6.92 Å². The summed E-state index contributed by atoms with van der Waals surface area (Å²) in [6.45, 7) is 2.00. The first-order chi connectivity index (χ1) is 9.27. The van der Waals surface area contributed by atoms with Gasteiger partial charge in [0.25, 0.3) is 0 Å². The molecule has 0 atom stereocenters. The quantitative estimate of drug-likeness (QED) is 0.827. The van der Waals surface area contributed by atoms with Gasteiger partial charge in [0.1, 0.15) is 0 Å². The van der Waals surface area contributed by atoms with E-state index in [-0.39, 0.29) is 4.90 Å². The first-order valence-electron chi connectivity index (χ1n) is 5.90. The van der Waals surface area contributed by atoms with Gasteiger partial charge in [-0.25, -0.2) is 8.42 Å². The van der Waals surface area contributed by atoms with Gasteiger partial charge in [0.15, 0.2) is 9.84 Å². The van der Waals surface area contributed by atoms with Crippen LogP contribution < -0.4 is 11.1 Å². The third-order valence-corrected chi connectivity index (χ3v) is 4.61. The van der Waals surface area contributed by atoms with E-state index in [1.807, 2.05) is 25.1 Å². The first-order valence-corrected chi connectivity index (χ1v) is 8.58. The lowest BCUT2D eigenvalue weighted by molar-refractivity contribution is 0.602. The van der Waals surface area contributed by atoms with Gasteiger partial charge in [-0.15, -0.1) is 0 Å². The van der Waals surface area contributed by atoms with Crippen LogP contribution in [0.3, 0.4) is 0 Å². The number of anilines is 3. The van der Waals surface area contributed by atoms with Gasteiger partial charge in [0, 0.05) is 10.7 Å². The molecule has 106 valence electrons. The number of nitrogens with two attached hydrogens (primary N) is 1. The molecule has 2 rings (SSSR count). The van der Waals surface area contributed by atoms with Gasteiger partial charge in [-0.3, -0.25) is 0 Å². The maximum atomic E-state index is 11.5. The van der Waals surface area contributed by atoms with Crippen molar-refractivity contribution >= 4 is 42.8 Å². The second-order valence-corrected chi connectivity index (χ2v) is 7.50. The highest BCUT2D eigenvalue weighted by molar-refractivity contribution is 9.10. The van der Waals surface area contributed by atoms with E-state index in [0.29, 0.717) is 11.4 Å². The number of rotatable bonds is 3. The Bertz CT molecular complexity index is 758. The van der Waals surface area contributed by atoms with E-state index < -0.39 is 9.84 Å². The van der Waals surface area contributed by atoms with E-state index in [0.717, 1.165) is 22.0 Å². The van der Waals surface area contributed by atoms with Crippen LogP contribution in [-0.2, 0) is 9.84 Å². The number of hydrogen-bond acceptors (Lipinski definition) is 4. The second kappa shape index (κ2) is 5.46. The Morgan fingerprint density at radius 3 is 2.30 bits per heavy atom. The fourth-order valence-electron chi connectivity index (χ4n) is 1.75. The van der Waals surface area contributed by atoms with Gasteiger partial charge in [-0.1, -0.05) is 6.07 Å². The largest absolute Gasteiger partial charge is 0.397 e. The summed E-state index contributed by atoms with van der Waals surface area (Å²) >= 11 is 3.48. The van der Waals surface area contributed by atoms with Crippen LogP contribution in [-0.4, -0.2) is 14.7 Å². The summed E-state index contributed by atoms with van der Waals surface area (Å²) in [6.07, 6.45) is 1.16. The predicted octanol–water partition coefficient (Wildman–Crippen LogP) is 3.49. The molecule has 2 aromatic carbocycles. The molecule has 2 aromatic rings. The van der Waals surface area contributed by atoms with Gasteiger partial charge in [0.2, 0.25) is 0 Å². The molecule has 0 unspecified atom stereocenters. The molecule has 0 aliphatic heterocycles. The van der Waals surface area contributed by atoms with E-state index in [2.05, 4.69) is 21.2 Å². The Balaban J connectivity index is 2.35. The maximum absolute atomic E-state index is 11.5. The van der Waals surface area contributed by atoms with Gasteiger partial charge in [-0.05, 0) is 58.7 Å². The maximum Gasteiger partial charge on any atom is 0.175 e. The lowest BCUT2D eigenvalue weighted by Gasteiger charge is -2.12. The van der Waals surface area contributed by atoms with E-state index in [1.54, 1.807) is 6.07 Å². The highest BCUT2D eigenvalue weighted by atomic mass is 79.9. The molecule has 0 aliphatic carbocycles. The summed E-state index contributed by atoms with van der Waals surface area (Å²) in [4.78, 5) is 0.212. The van der Waals surface area contributed by atoms with Gasteiger partial charge >= 0.3 is 0 Å². The average molecular weight is 355 g/mol. The standard InChI is InChI=1S/C14H15BrN2O2S/c1-9-3-5-13(11(15)7-9)17-14-6-4-10(8-12(14)16)20(2,18)19/h3-8,17H,16H2,1-2H3. The molecule has 6 heteroatoms. The number of hydrogen-bond donors (Lipinski definition) is 2. The Hall–Kier alpha value is -1.53. The number of aryl methyl sites for hydroxylation is 1. The smallest absolute Gasteiger partial charge is 0.175 e. The van der Waals surface area contributed by atoms with Crippen molar-refractivity contribution < 1.29 is 8.42 Å². The molecule has 0 radical (unpaired) electrons. The van der Waals surface area contributed by atoms with Crippen molar-refractivity contribution in [2.24, 2.45) is 0 Å². The lowest BCUT2D eigenvalue weighted by atomic mass is 10.2. The number of nitrogen functional groups attached to an aromatic ring is 1. The minimum Gasteiger partial charge on any atom is -0.397 e. The predicted molar refractivity (Wildman–Crippen MR) is 86.1 cm³/mol. The summed E-state index contributed by atoms with van der Waals surface area (Å²) in [5.41, 5.74) is 8.97. The van der Waals surface area contributed by atoms with E-state index in [1.165, 1.54) is 12.1 Å². The van der Waals surface area contributed by atoms with Gasteiger partial charge in [0.05, 0.1) is 22.0 Å². The average Bonchev–Trinajstić information content (AvgIpc) is 2.33. The molecule has 0 amide bonds. The molecule has 3 N–H and O–H groups in total. The van der Waals surface area contributed by atoms with Crippen molar-refractivity contribution in [1.82, 2.24) is 0 Å². The van der Waals surface area contributed by atoms with Crippen molar-refractivity contribution in [2.45, 2.75) is 11.8 Å². The molecule has 0 saturated heterocycles. The summed E-state index contributed by atoms with van der Waals surface area (Å²) < 4.78 is 23.8.